The van der Waals surface area contributed by atoms with Crippen LogP contribution in [-0.2, 0) is 6.42 Å². The van der Waals surface area contributed by atoms with Gasteiger partial charge in [0.2, 0.25) is 0 Å². The fourth-order valence-electron chi connectivity index (χ4n) is 5.20. The lowest BCUT2D eigenvalue weighted by molar-refractivity contribution is 0.302. The number of hydrogen-bond donors (Lipinski definition) is 0. The van der Waals surface area contributed by atoms with E-state index >= 15 is 0 Å². The first-order valence-electron chi connectivity index (χ1n) is 12.4. The summed E-state index contributed by atoms with van der Waals surface area (Å²) in [6.07, 6.45) is 16.5. The molecule has 0 aliphatic heterocycles. The third-order valence-corrected chi connectivity index (χ3v) is 7.13. The lowest BCUT2D eigenvalue weighted by Crippen LogP contribution is -2.14. The predicted molar refractivity (Wildman–Crippen MR) is 129 cm³/mol. The highest BCUT2D eigenvalue weighted by molar-refractivity contribution is 5.65. The van der Waals surface area contributed by atoms with Crippen LogP contribution in [0.15, 0.2) is 42.5 Å². The molecular weight excluding hydrogens is 348 g/mol. The van der Waals surface area contributed by atoms with Crippen molar-refractivity contribution < 1.29 is 0 Å². The second kappa shape index (κ2) is 11.6. The molecule has 0 bridgehead atoms. The van der Waals surface area contributed by atoms with Crippen molar-refractivity contribution in [2.24, 2.45) is 5.92 Å². The lowest BCUT2D eigenvalue weighted by Gasteiger charge is -2.30. The van der Waals surface area contributed by atoms with Crippen LogP contribution in [0, 0.1) is 12.8 Å². The lowest BCUT2D eigenvalue weighted by atomic mass is 9.76. The molecule has 0 unspecified atom stereocenters. The van der Waals surface area contributed by atoms with Gasteiger partial charge in [-0.2, -0.15) is 0 Å². The smallest absolute Gasteiger partial charge is 0.0159 e. The minimum atomic E-state index is 0.785. The van der Waals surface area contributed by atoms with Crippen molar-refractivity contribution in [1.82, 2.24) is 0 Å². The van der Waals surface area contributed by atoms with Crippen LogP contribution < -0.4 is 0 Å². The molecule has 0 heterocycles. The van der Waals surface area contributed by atoms with Crippen molar-refractivity contribution in [2.75, 3.05) is 0 Å². The topological polar surface area (TPSA) is 0 Å². The van der Waals surface area contributed by atoms with Crippen molar-refractivity contribution in [1.29, 1.82) is 0 Å². The molecule has 1 aliphatic rings. The maximum atomic E-state index is 2.43. The number of rotatable bonds is 10. The third-order valence-electron chi connectivity index (χ3n) is 7.13. The molecule has 0 aromatic heterocycles. The van der Waals surface area contributed by atoms with Crippen molar-refractivity contribution in [2.45, 2.75) is 104 Å². The Labute approximate surface area is 180 Å². The molecule has 158 valence electrons. The molecule has 0 atom stereocenters. The summed E-state index contributed by atoms with van der Waals surface area (Å²) < 4.78 is 0. The van der Waals surface area contributed by atoms with E-state index in [0.717, 1.165) is 11.8 Å². The minimum absolute atomic E-state index is 0.785. The van der Waals surface area contributed by atoms with E-state index in [1.807, 2.05) is 0 Å². The third kappa shape index (κ3) is 6.46. The second-order valence-corrected chi connectivity index (χ2v) is 9.44. The molecule has 2 aromatic rings. The van der Waals surface area contributed by atoms with Crippen molar-refractivity contribution in [3.8, 4) is 11.1 Å². The van der Waals surface area contributed by atoms with Gasteiger partial charge in [0.1, 0.15) is 0 Å². The van der Waals surface area contributed by atoms with E-state index in [0.29, 0.717) is 0 Å². The zero-order valence-electron chi connectivity index (χ0n) is 19.2. The number of benzene rings is 2. The summed E-state index contributed by atoms with van der Waals surface area (Å²) in [6.45, 7) is 6.91. The predicted octanol–water partition coefficient (Wildman–Crippen LogP) is 9.25. The molecule has 0 nitrogen and oxygen atoms in total. The molecule has 1 saturated carbocycles. The van der Waals surface area contributed by atoms with E-state index in [4.69, 9.17) is 0 Å². The molecule has 0 saturated heterocycles. The molecule has 29 heavy (non-hydrogen) atoms. The summed E-state index contributed by atoms with van der Waals surface area (Å²) in [7, 11) is 0. The zero-order chi connectivity index (χ0) is 20.5. The van der Waals surface area contributed by atoms with Gasteiger partial charge in [-0.3, -0.25) is 0 Å². The Balaban J connectivity index is 1.58. The minimum Gasteiger partial charge on any atom is -0.0654 e. The Kier molecular flexibility index (Phi) is 8.84. The monoisotopic (exact) mass is 390 g/mol. The van der Waals surface area contributed by atoms with Gasteiger partial charge in [-0.15, -0.1) is 0 Å². The highest BCUT2D eigenvalue weighted by Crippen LogP contribution is 2.39. The van der Waals surface area contributed by atoms with Gasteiger partial charge in [-0.25, -0.2) is 0 Å². The molecule has 0 spiro atoms. The fourth-order valence-corrected chi connectivity index (χ4v) is 5.20. The highest BCUT2D eigenvalue weighted by Gasteiger charge is 2.23. The van der Waals surface area contributed by atoms with Gasteiger partial charge in [0.15, 0.2) is 0 Å². The Morgan fingerprint density at radius 2 is 1.38 bits per heavy atom. The molecule has 0 heteroatoms. The van der Waals surface area contributed by atoms with Crippen molar-refractivity contribution in [3.63, 3.8) is 0 Å². The van der Waals surface area contributed by atoms with Crippen LogP contribution in [0.4, 0.5) is 0 Å². The summed E-state index contributed by atoms with van der Waals surface area (Å²) in [5, 5.41) is 0. The summed E-state index contributed by atoms with van der Waals surface area (Å²) in [5.41, 5.74) is 7.31. The van der Waals surface area contributed by atoms with Gasteiger partial charge in [0.25, 0.3) is 0 Å². The first-order chi connectivity index (χ1) is 14.2. The molecule has 0 amide bonds. The van der Waals surface area contributed by atoms with Crippen LogP contribution >= 0.6 is 0 Å². The molecule has 2 aromatic carbocycles. The average Bonchev–Trinajstić information content (AvgIpc) is 2.75. The van der Waals surface area contributed by atoms with Crippen LogP contribution in [-0.4, -0.2) is 0 Å². The van der Waals surface area contributed by atoms with Crippen LogP contribution in [0.3, 0.4) is 0 Å². The Morgan fingerprint density at radius 1 is 0.724 bits per heavy atom. The van der Waals surface area contributed by atoms with E-state index in [1.54, 1.807) is 5.56 Å². The van der Waals surface area contributed by atoms with Crippen LogP contribution in [0.5, 0.6) is 0 Å². The summed E-state index contributed by atoms with van der Waals surface area (Å²) >= 11 is 0. The van der Waals surface area contributed by atoms with Crippen molar-refractivity contribution in [3.05, 3.63) is 59.2 Å². The van der Waals surface area contributed by atoms with E-state index in [1.165, 1.54) is 99.3 Å². The largest absolute Gasteiger partial charge is 0.0654 e. The molecule has 0 N–H and O–H groups in total. The number of unbranched alkanes of at least 4 members (excludes halogenated alkanes) is 4. The first-order valence-corrected chi connectivity index (χ1v) is 12.4. The molecule has 1 fully saturated rings. The summed E-state index contributed by atoms with van der Waals surface area (Å²) in [6, 6.07) is 16.5. The average molecular weight is 391 g/mol. The first kappa shape index (κ1) is 22.1. The summed E-state index contributed by atoms with van der Waals surface area (Å²) in [4.78, 5) is 0. The van der Waals surface area contributed by atoms with Gasteiger partial charge < -0.3 is 0 Å². The van der Waals surface area contributed by atoms with Gasteiger partial charge in [0, 0.05) is 0 Å². The Bertz CT molecular complexity index is 716. The van der Waals surface area contributed by atoms with Crippen LogP contribution in [0.1, 0.15) is 107 Å². The normalized spacial score (nSPS) is 19.4. The molecule has 1 aliphatic carbocycles. The quantitative estimate of drug-likeness (QED) is 0.354. The number of hydrogen-bond acceptors (Lipinski definition) is 0. The molecule has 0 radical (unpaired) electrons. The Morgan fingerprint density at radius 3 is 2.03 bits per heavy atom. The highest BCUT2D eigenvalue weighted by atomic mass is 14.3. The van der Waals surface area contributed by atoms with Gasteiger partial charge in [0.05, 0.1) is 0 Å². The Hall–Kier alpha value is -1.56. The number of aryl methyl sites for hydroxylation is 2. The summed E-state index contributed by atoms with van der Waals surface area (Å²) in [5.74, 6) is 1.78. The second-order valence-electron chi connectivity index (χ2n) is 9.44. The van der Waals surface area contributed by atoms with Gasteiger partial charge in [-0.1, -0.05) is 94.8 Å². The van der Waals surface area contributed by atoms with Crippen LogP contribution in [0.25, 0.3) is 11.1 Å². The van der Waals surface area contributed by atoms with E-state index in [2.05, 4.69) is 63.2 Å². The van der Waals surface area contributed by atoms with E-state index < -0.39 is 0 Å². The maximum Gasteiger partial charge on any atom is -0.0159 e. The van der Waals surface area contributed by atoms with Gasteiger partial charge >= 0.3 is 0 Å². The fraction of sp³-hybridized carbons (Fsp3) is 0.586. The standard InChI is InChI=1S/C29H42/c1-4-6-8-10-24-12-16-26(17-13-24)28-20-21-29(23(3)22-28)27-18-14-25(15-19-27)11-9-7-5-2/h12-13,16-17,20-22,25,27H,4-11,14-15,18-19H2,1-3H3. The molecule has 3 rings (SSSR count). The van der Waals surface area contributed by atoms with E-state index in [-0.39, 0.29) is 0 Å². The zero-order valence-corrected chi connectivity index (χ0v) is 19.2. The molecular formula is C29H42. The van der Waals surface area contributed by atoms with E-state index in [9.17, 15) is 0 Å². The SMILES string of the molecule is CCCCCc1ccc(-c2ccc(C3CCC(CCCCC)CC3)c(C)c2)cc1. The van der Waals surface area contributed by atoms with Gasteiger partial charge in [-0.05, 0) is 85.1 Å². The van der Waals surface area contributed by atoms with Crippen molar-refractivity contribution >= 4 is 0 Å². The van der Waals surface area contributed by atoms with Crippen LogP contribution in [0.2, 0.25) is 0 Å². The maximum absolute atomic E-state index is 2.43.